The summed E-state index contributed by atoms with van der Waals surface area (Å²) in [6.07, 6.45) is 0. The topological polar surface area (TPSA) is 26.0 Å². The van der Waals surface area contributed by atoms with Gasteiger partial charge in [0.05, 0.1) is 0 Å². The number of hydrogen-bond acceptors (Lipinski definition) is 1. The van der Waals surface area contributed by atoms with Crippen LogP contribution in [0.3, 0.4) is 0 Å². The third-order valence-corrected chi connectivity index (χ3v) is 4.10. The molecule has 2 rings (SSSR count). The van der Waals surface area contributed by atoms with Crippen molar-refractivity contribution in [3.63, 3.8) is 0 Å². The second-order valence-electron chi connectivity index (χ2n) is 4.80. The Kier molecular flexibility index (Phi) is 4.40. The molecule has 2 aromatic carbocycles. The van der Waals surface area contributed by atoms with Gasteiger partial charge in [0.25, 0.3) is 0 Å². The number of hydrogen-bond donors (Lipinski definition) is 1. The van der Waals surface area contributed by atoms with E-state index in [1.165, 1.54) is 25.8 Å². The minimum Gasteiger partial charge on any atom is -0.326 e. The number of benzene rings is 2. The molecule has 94 valence electrons. The van der Waals surface area contributed by atoms with Gasteiger partial charge in [-0.05, 0) is 62.9 Å². The molecule has 0 aliphatic carbocycles. The average molecular weight is 351 g/mol. The second-order valence-corrected chi connectivity index (χ2v) is 5.96. The summed E-state index contributed by atoms with van der Waals surface area (Å²) in [5, 5.41) is 0. The quantitative estimate of drug-likeness (QED) is 0.808. The van der Waals surface area contributed by atoms with Crippen molar-refractivity contribution in [3.05, 3.63) is 57.2 Å². The third-order valence-electron chi connectivity index (χ3n) is 3.16. The van der Waals surface area contributed by atoms with Gasteiger partial charge in [-0.1, -0.05) is 44.2 Å². The highest BCUT2D eigenvalue weighted by Crippen LogP contribution is 2.29. The van der Waals surface area contributed by atoms with Gasteiger partial charge in [-0.25, -0.2) is 0 Å². The fourth-order valence-corrected chi connectivity index (χ4v) is 2.59. The predicted octanol–water partition coefficient (Wildman–Crippen LogP) is 4.54. The maximum atomic E-state index is 5.63. The lowest BCUT2D eigenvalue weighted by Crippen LogP contribution is -1.96. The van der Waals surface area contributed by atoms with E-state index in [9.17, 15) is 0 Å². The summed E-state index contributed by atoms with van der Waals surface area (Å²) in [7, 11) is 0. The smallest absolute Gasteiger partial charge is 0.0208 e. The highest BCUT2D eigenvalue weighted by Gasteiger charge is 2.06. The van der Waals surface area contributed by atoms with Crippen LogP contribution in [0.15, 0.2) is 42.5 Å². The lowest BCUT2D eigenvalue weighted by molar-refractivity contribution is 0.867. The third kappa shape index (κ3) is 2.93. The van der Waals surface area contributed by atoms with Crippen LogP contribution in [0.2, 0.25) is 0 Å². The molecule has 2 heteroatoms. The van der Waals surface area contributed by atoms with Gasteiger partial charge in [-0.15, -0.1) is 0 Å². The summed E-state index contributed by atoms with van der Waals surface area (Å²) in [5.41, 5.74) is 10.8. The predicted molar refractivity (Wildman–Crippen MR) is 86.6 cm³/mol. The minimum absolute atomic E-state index is 0.559. The van der Waals surface area contributed by atoms with Crippen molar-refractivity contribution in [3.8, 4) is 11.1 Å². The van der Waals surface area contributed by atoms with Crippen molar-refractivity contribution in [2.24, 2.45) is 5.73 Å². The minimum atomic E-state index is 0.559. The van der Waals surface area contributed by atoms with Gasteiger partial charge in [0.15, 0.2) is 0 Å². The summed E-state index contributed by atoms with van der Waals surface area (Å²) < 4.78 is 1.29. The monoisotopic (exact) mass is 351 g/mol. The highest BCUT2D eigenvalue weighted by atomic mass is 127. The number of nitrogens with two attached hydrogens (primary N) is 1. The largest absolute Gasteiger partial charge is 0.326 e. The zero-order valence-corrected chi connectivity index (χ0v) is 12.9. The lowest BCUT2D eigenvalue weighted by atomic mass is 9.97. The van der Waals surface area contributed by atoms with Crippen molar-refractivity contribution in [2.45, 2.75) is 26.3 Å². The summed E-state index contributed by atoms with van der Waals surface area (Å²) in [6.45, 7) is 5.05. The van der Waals surface area contributed by atoms with E-state index in [0.717, 1.165) is 0 Å². The zero-order chi connectivity index (χ0) is 13.1. The molecule has 2 N–H and O–H groups in total. The van der Waals surface area contributed by atoms with Crippen LogP contribution in [-0.2, 0) is 6.54 Å². The SMILES string of the molecule is CC(C)c1ccc(I)c(-c2ccc(CN)cc2)c1. The Morgan fingerprint density at radius 1 is 1.06 bits per heavy atom. The van der Waals surface area contributed by atoms with Crippen LogP contribution in [-0.4, -0.2) is 0 Å². The first-order valence-corrected chi connectivity index (χ1v) is 7.28. The number of rotatable bonds is 3. The molecule has 0 fully saturated rings. The van der Waals surface area contributed by atoms with Gasteiger partial charge in [-0.2, -0.15) is 0 Å². The molecule has 0 aliphatic heterocycles. The van der Waals surface area contributed by atoms with Crippen LogP contribution < -0.4 is 5.73 Å². The van der Waals surface area contributed by atoms with E-state index in [2.05, 4.69) is 78.9 Å². The molecular weight excluding hydrogens is 333 g/mol. The van der Waals surface area contributed by atoms with Gasteiger partial charge in [0.1, 0.15) is 0 Å². The van der Waals surface area contributed by atoms with Crippen molar-refractivity contribution in [1.82, 2.24) is 0 Å². The Balaban J connectivity index is 2.45. The Morgan fingerprint density at radius 2 is 1.72 bits per heavy atom. The normalized spacial score (nSPS) is 10.9. The zero-order valence-electron chi connectivity index (χ0n) is 10.8. The van der Waals surface area contributed by atoms with Gasteiger partial charge in [-0.3, -0.25) is 0 Å². The Bertz CT molecular complexity index is 529. The molecule has 0 spiro atoms. The van der Waals surface area contributed by atoms with Gasteiger partial charge in [0, 0.05) is 10.1 Å². The molecule has 0 aromatic heterocycles. The average Bonchev–Trinajstić information content (AvgIpc) is 2.39. The van der Waals surface area contributed by atoms with Crippen molar-refractivity contribution < 1.29 is 0 Å². The van der Waals surface area contributed by atoms with Gasteiger partial charge in [0.2, 0.25) is 0 Å². The summed E-state index contributed by atoms with van der Waals surface area (Å²) in [5.74, 6) is 0.559. The first-order valence-electron chi connectivity index (χ1n) is 6.20. The molecule has 0 unspecified atom stereocenters. The maximum absolute atomic E-state index is 5.63. The Hall–Kier alpha value is -0.870. The molecule has 0 amide bonds. The molecule has 0 heterocycles. The summed E-state index contributed by atoms with van der Waals surface area (Å²) in [4.78, 5) is 0. The lowest BCUT2D eigenvalue weighted by Gasteiger charge is -2.11. The van der Waals surface area contributed by atoms with Crippen LogP contribution >= 0.6 is 22.6 Å². The van der Waals surface area contributed by atoms with E-state index in [-0.39, 0.29) is 0 Å². The van der Waals surface area contributed by atoms with E-state index >= 15 is 0 Å². The van der Waals surface area contributed by atoms with Crippen LogP contribution in [0.4, 0.5) is 0 Å². The second kappa shape index (κ2) is 5.85. The fourth-order valence-electron chi connectivity index (χ4n) is 1.94. The Morgan fingerprint density at radius 3 is 2.28 bits per heavy atom. The molecule has 0 atom stereocenters. The number of halogens is 1. The molecular formula is C16H18IN. The highest BCUT2D eigenvalue weighted by molar-refractivity contribution is 14.1. The maximum Gasteiger partial charge on any atom is 0.0208 e. The molecule has 0 aliphatic rings. The van der Waals surface area contributed by atoms with Gasteiger partial charge >= 0.3 is 0 Å². The fraction of sp³-hybridized carbons (Fsp3) is 0.250. The van der Waals surface area contributed by atoms with Crippen molar-refractivity contribution in [2.75, 3.05) is 0 Å². The summed E-state index contributed by atoms with van der Waals surface area (Å²) in [6, 6.07) is 15.2. The van der Waals surface area contributed by atoms with Crippen LogP contribution in [0, 0.1) is 3.57 Å². The molecule has 1 nitrogen and oxygen atoms in total. The van der Waals surface area contributed by atoms with Gasteiger partial charge < -0.3 is 5.73 Å². The van der Waals surface area contributed by atoms with Crippen molar-refractivity contribution >= 4 is 22.6 Å². The van der Waals surface area contributed by atoms with E-state index < -0.39 is 0 Å². The van der Waals surface area contributed by atoms with E-state index in [4.69, 9.17) is 5.73 Å². The van der Waals surface area contributed by atoms with Crippen LogP contribution in [0.5, 0.6) is 0 Å². The van der Waals surface area contributed by atoms with Crippen LogP contribution in [0.1, 0.15) is 30.9 Å². The molecule has 0 saturated carbocycles. The first-order chi connectivity index (χ1) is 8.61. The molecule has 0 saturated heterocycles. The van der Waals surface area contributed by atoms with E-state index in [0.29, 0.717) is 12.5 Å². The van der Waals surface area contributed by atoms with Crippen molar-refractivity contribution in [1.29, 1.82) is 0 Å². The Labute approximate surface area is 123 Å². The standard InChI is InChI=1S/C16H18IN/c1-11(2)14-7-8-16(17)15(9-14)13-5-3-12(10-18)4-6-13/h3-9,11H,10,18H2,1-2H3. The molecule has 0 bridgehead atoms. The summed E-state index contributed by atoms with van der Waals surface area (Å²) >= 11 is 2.40. The van der Waals surface area contributed by atoms with Crippen LogP contribution in [0.25, 0.3) is 11.1 Å². The molecule has 0 radical (unpaired) electrons. The molecule has 18 heavy (non-hydrogen) atoms. The first kappa shape index (κ1) is 13.6. The van der Waals surface area contributed by atoms with E-state index in [1.807, 2.05) is 0 Å². The van der Waals surface area contributed by atoms with E-state index in [1.54, 1.807) is 0 Å². The molecule has 2 aromatic rings.